The molecule has 2 nitrogen and oxygen atoms in total. The molecule has 0 fully saturated rings. The number of halogens is 2. The summed E-state index contributed by atoms with van der Waals surface area (Å²) < 4.78 is 26.2. The van der Waals surface area contributed by atoms with Gasteiger partial charge in [0.2, 0.25) is 0 Å². The lowest BCUT2D eigenvalue weighted by Crippen LogP contribution is -1.99. The standard InChI is InChI=1S/C12H10F2N2/c13-8-4-7-11(5-9(8)14)16-10-3-1-2-6(10)12(7)15/h4-5H,1-3H2,(H2,15,16). The van der Waals surface area contributed by atoms with E-state index in [0.29, 0.717) is 16.6 Å². The third kappa shape index (κ3) is 1.19. The molecule has 0 atom stereocenters. The molecule has 16 heavy (non-hydrogen) atoms. The maximum absolute atomic E-state index is 13.1. The molecule has 0 unspecified atom stereocenters. The highest BCUT2D eigenvalue weighted by Gasteiger charge is 2.19. The molecule has 0 aliphatic heterocycles. The molecule has 1 heterocycles. The first-order valence-corrected chi connectivity index (χ1v) is 5.23. The fourth-order valence-corrected chi connectivity index (χ4v) is 2.29. The highest BCUT2D eigenvalue weighted by atomic mass is 19.2. The Balaban J connectivity index is 2.41. The average molecular weight is 220 g/mol. The zero-order valence-electron chi connectivity index (χ0n) is 8.56. The number of aryl methyl sites for hydroxylation is 1. The van der Waals surface area contributed by atoms with Crippen molar-refractivity contribution in [2.24, 2.45) is 0 Å². The van der Waals surface area contributed by atoms with Gasteiger partial charge in [-0.05, 0) is 30.9 Å². The van der Waals surface area contributed by atoms with Gasteiger partial charge in [0.15, 0.2) is 11.6 Å². The molecule has 2 aromatic rings. The zero-order valence-corrected chi connectivity index (χ0v) is 8.56. The van der Waals surface area contributed by atoms with E-state index < -0.39 is 11.6 Å². The molecular weight excluding hydrogens is 210 g/mol. The molecule has 0 saturated carbocycles. The van der Waals surface area contributed by atoms with Crippen LogP contribution >= 0.6 is 0 Å². The van der Waals surface area contributed by atoms with Gasteiger partial charge in [0.1, 0.15) is 0 Å². The maximum Gasteiger partial charge on any atom is 0.161 e. The van der Waals surface area contributed by atoms with E-state index in [2.05, 4.69) is 4.98 Å². The van der Waals surface area contributed by atoms with Crippen LogP contribution in [0, 0.1) is 11.6 Å². The van der Waals surface area contributed by atoms with Crippen molar-refractivity contribution in [3.63, 3.8) is 0 Å². The smallest absolute Gasteiger partial charge is 0.161 e. The largest absolute Gasteiger partial charge is 0.398 e. The van der Waals surface area contributed by atoms with Crippen molar-refractivity contribution in [1.82, 2.24) is 4.98 Å². The fourth-order valence-electron chi connectivity index (χ4n) is 2.29. The molecule has 1 aromatic carbocycles. The predicted molar refractivity (Wildman–Crippen MR) is 58.1 cm³/mol. The number of rotatable bonds is 0. The first-order valence-electron chi connectivity index (χ1n) is 5.23. The van der Waals surface area contributed by atoms with Crippen LogP contribution in [-0.2, 0) is 12.8 Å². The molecule has 82 valence electrons. The number of aromatic nitrogens is 1. The van der Waals surface area contributed by atoms with Gasteiger partial charge in [-0.25, -0.2) is 8.78 Å². The van der Waals surface area contributed by atoms with Crippen molar-refractivity contribution in [3.8, 4) is 0 Å². The number of anilines is 1. The van der Waals surface area contributed by atoms with Crippen LogP contribution in [0.15, 0.2) is 12.1 Å². The van der Waals surface area contributed by atoms with Gasteiger partial charge in [0.05, 0.1) is 5.52 Å². The summed E-state index contributed by atoms with van der Waals surface area (Å²) in [5.74, 6) is -1.75. The van der Waals surface area contributed by atoms with E-state index in [9.17, 15) is 8.78 Å². The van der Waals surface area contributed by atoms with Crippen LogP contribution in [0.2, 0.25) is 0 Å². The Morgan fingerprint density at radius 2 is 1.88 bits per heavy atom. The lowest BCUT2D eigenvalue weighted by molar-refractivity contribution is 0.510. The SMILES string of the molecule is Nc1c2c(nc3cc(F)c(F)cc13)CCC2. The van der Waals surface area contributed by atoms with Gasteiger partial charge in [0.25, 0.3) is 0 Å². The van der Waals surface area contributed by atoms with Gasteiger partial charge in [-0.15, -0.1) is 0 Å². The van der Waals surface area contributed by atoms with Crippen molar-refractivity contribution in [2.75, 3.05) is 5.73 Å². The molecule has 0 radical (unpaired) electrons. The summed E-state index contributed by atoms with van der Waals surface area (Å²) in [5, 5.41) is 0.513. The number of hydrogen-bond acceptors (Lipinski definition) is 2. The topological polar surface area (TPSA) is 38.9 Å². The summed E-state index contributed by atoms with van der Waals surface area (Å²) in [6, 6.07) is 2.24. The van der Waals surface area contributed by atoms with Crippen LogP contribution in [0.5, 0.6) is 0 Å². The van der Waals surface area contributed by atoms with Gasteiger partial charge in [-0.2, -0.15) is 0 Å². The van der Waals surface area contributed by atoms with Crippen LogP contribution < -0.4 is 5.73 Å². The molecule has 0 spiro atoms. The number of hydrogen-bond donors (Lipinski definition) is 1. The molecule has 0 amide bonds. The number of nitrogen functional groups attached to an aromatic ring is 1. The Hall–Kier alpha value is -1.71. The van der Waals surface area contributed by atoms with Crippen LogP contribution in [0.25, 0.3) is 10.9 Å². The van der Waals surface area contributed by atoms with Crippen molar-refractivity contribution >= 4 is 16.6 Å². The first-order chi connectivity index (χ1) is 7.66. The minimum Gasteiger partial charge on any atom is -0.398 e. The number of nitrogens with two attached hydrogens (primary N) is 1. The van der Waals surface area contributed by atoms with Gasteiger partial charge in [-0.3, -0.25) is 4.98 Å². The predicted octanol–water partition coefficient (Wildman–Crippen LogP) is 2.58. The summed E-state index contributed by atoms with van der Waals surface area (Å²) in [4.78, 5) is 4.33. The monoisotopic (exact) mass is 220 g/mol. The van der Waals surface area contributed by atoms with Gasteiger partial charge in [-0.1, -0.05) is 0 Å². The number of nitrogens with zero attached hydrogens (tertiary/aromatic N) is 1. The third-order valence-electron chi connectivity index (χ3n) is 3.10. The third-order valence-corrected chi connectivity index (χ3v) is 3.10. The summed E-state index contributed by atoms with van der Waals surface area (Å²) in [5.41, 5.74) is 8.88. The second-order valence-electron chi connectivity index (χ2n) is 4.09. The minimum atomic E-state index is -0.877. The van der Waals surface area contributed by atoms with Crippen molar-refractivity contribution in [3.05, 3.63) is 35.0 Å². The van der Waals surface area contributed by atoms with E-state index in [-0.39, 0.29) is 0 Å². The lowest BCUT2D eigenvalue weighted by Gasteiger charge is -2.08. The van der Waals surface area contributed by atoms with Crippen LogP contribution in [-0.4, -0.2) is 4.98 Å². The Labute approximate surface area is 91.1 Å². The zero-order chi connectivity index (χ0) is 11.3. The number of pyridine rings is 1. The summed E-state index contributed by atoms with van der Waals surface area (Å²) in [6.07, 6.45) is 2.76. The maximum atomic E-state index is 13.1. The molecule has 2 N–H and O–H groups in total. The van der Waals surface area contributed by atoms with E-state index in [0.717, 1.165) is 42.7 Å². The quantitative estimate of drug-likeness (QED) is 0.741. The average Bonchev–Trinajstić information content (AvgIpc) is 2.70. The van der Waals surface area contributed by atoms with E-state index in [4.69, 9.17) is 5.73 Å². The summed E-state index contributed by atoms with van der Waals surface area (Å²) >= 11 is 0. The van der Waals surface area contributed by atoms with Crippen LogP contribution in [0.3, 0.4) is 0 Å². The second kappa shape index (κ2) is 3.14. The molecular formula is C12H10F2N2. The molecule has 1 aromatic heterocycles. The highest BCUT2D eigenvalue weighted by molar-refractivity contribution is 5.92. The Morgan fingerprint density at radius 1 is 1.12 bits per heavy atom. The Bertz CT molecular complexity index is 593. The summed E-state index contributed by atoms with van der Waals surface area (Å²) in [6.45, 7) is 0. The highest BCUT2D eigenvalue weighted by Crippen LogP contribution is 2.32. The summed E-state index contributed by atoms with van der Waals surface area (Å²) in [7, 11) is 0. The Morgan fingerprint density at radius 3 is 2.69 bits per heavy atom. The molecule has 3 rings (SSSR count). The van der Waals surface area contributed by atoms with Crippen molar-refractivity contribution < 1.29 is 8.78 Å². The van der Waals surface area contributed by atoms with E-state index in [1.165, 1.54) is 0 Å². The molecule has 1 aliphatic rings. The van der Waals surface area contributed by atoms with Crippen molar-refractivity contribution in [2.45, 2.75) is 19.3 Å². The minimum absolute atomic E-state index is 0.442. The molecule has 4 heteroatoms. The van der Waals surface area contributed by atoms with E-state index in [1.807, 2.05) is 0 Å². The Kier molecular flexibility index (Phi) is 1.87. The lowest BCUT2D eigenvalue weighted by atomic mass is 10.1. The fraction of sp³-hybridized carbons (Fsp3) is 0.250. The normalized spacial score (nSPS) is 14.4. The number of benzene rings is 1. The second-order valence-corrected chi connectivity index (χ2v) is 4.09. The van der Waals surface area contributed by atoms with E-state index >= 15 is 0 Å². The van der Waals surface area contributed by atoms with Gasteiger partial charge in [0, 0.05) is 22.8 Å². The van der Waals surface area contributed by atoms with Gasteiger partial charge < -0.3 is 5.73 Å². The first kappa shape index (κ1) is 9.51. The van der Waals surface area contributed by atoms with Crippen molar-refractivity contribution in [1.29, 1.82) is 0 Å². The molecule has 0 bridgehead atoms. The molecule has 0 saturated heterocycles. The number of fused-ring (bicyclic) bond motifs is 2. The van der Waals surface area contributed by atoms with Gasteiger partial charge >= 0.3 is 0 Å². The van der Waals surface area contributed by atoms with E-state index in [1.54, 1.807) is 0 Å². The van der Waals surface area contributed by atoms with Crippen LogP contribution in [0.1, 0.15) is 17.7 Å². The van der Waals surface area contributed by atoms with Crippen LogP contribution in [0.4, 0.5) is 14.5 Å². The molecule has 1 aliphatic carbocycles.